The molecule has 1 aromatic carbocycles. The van der Waals surface area contributed by atoms with Crippen LogP contribution in [0.3, 0.4) is 0 Å². The lowest BCUT2D eigenvalue weighted by atomic mass is 9.99. The van der Waals surface area contributed by atoms with Gasteiger partial charge in [-0.1, -0.05) is 0 Å². The molecule has 3 rings (SSSR count). The van der Waals surface area contributed by atoms with Crippen LogP contribution in [-0.2, 0) is 17.6 Å². The molecular weight excluding hydrogens is 190 g/mol. The van der Waals surface area contributed by atoms with E-state index in [9.17, 15) is 4.79 Å². The Morgan fingerprint density at radius 1 is 1.20 bits per heavy atom. The van der Waals surface area contributed by atoms with E-state index in [1.165, 1.54) is 11.1 Å². The van der Waals surface area contributed by atoms with Crippen molar-refractivity contribution in [3.63, 3.8) is 0 Å². The molecule has 1 aromatic rings. The minimum Gasteiger partial charge on any atom is -0.497 e. The highest BCUT2D eigenvalue weighted by molar-refractivity contribution is 5.98. The molecule has 78 valence electrons. The van der Waals surface area contributed by atoms with Crippen LogP contribution in [0.2, 0.25) is 0 Å². The highest BCUT2D eigenvalue weighted by atomic mass is 16.5. The molecule has 1 amide bonds. The number of benzene rings is 1. The number of ether oxygens (including phenoxy) is 1. The predicted molar refractivity (Wildman–Crippen MR) is 57.4 cm³/mol. The highest BCUT2D eigenvalue weighted by Crippen LogP contribution is 2.39. The van der Waals surface area contributed by atoms with Crippen LogP contribution in [0.25, 0.3) is 0 Å². The molecule has 0 bridgehead atoms. The van der Waals surface area contributed by atoms with E-state index in [-0.39, 0.29) is 5.91 Å². The third-order valence-electron chi connectivity index (χ3n) is 3.26. The van der Waals surface area contributed by atoms with Crippen molar-refractivity contribution in [3.8, 4) is 5.75 Å². The van der Waals surface area contributed by atoms with Gasteiger partial charge in [0, 0.05) is 13.0 Å². The van der Waals surface area contributed by atoms with Crippen LogP contribution in [0.15, 0.2) is 12.1 Å². The number of rotatable bonds is 1. The average Bonchev–Trinajstić information content (AvgIpc) is 2.68. The number of carbonyl (C=O) groups is 1. The molecule has 0 aliphatic carbocycles. The number of aryl methyl sites for hydroxylation is 1. The van der Waals surface area contributed by atoms with Crippen molar-refractivity contribution in [3.05, 3.63) is 23.3 Å². The maximum atomic E-state index is 11.7. The van der Waals surface area contributed by atoms with Crippen LogP contribution in [0.4, 0.5) is 5.69 Å². The Kier molecular flexibility index (Phi) is 1.75. The Morgan fingerprint density at radius 3 is 2.67 bits per heavy atom. The average molecular weight is 203 g/mol. The van der Waals surface area contributed by atoms with Crippen LogP contribution in [-0.4, -0.2) is 19.6 Å². The molecule has 0 radical (unpaired) electrons. The first-order valence-corrected chi connectivity index (χ1v) is 5.30. The lowest BCUT2D eigenvalue weighted by Gasteiger charge is -2.25. The molecule has 0 unspecified atom stereocenters. The number of carbonyl (C=O) groups excluding carboxylic acids is 1. The summed E-state index contributed by atoms with van der Waals surface area (Å²) in [7, 11) is 1.69. The van der Waals surface area contributed by atoms with Crippen molar-refractivity contribution < 1.29 is 9.53 Å². The van der Waals surface area contributed by atoms with Gasteiger partial charge in [0.15, 0.2) is 0 Å². The fourth-order valence-electron chi connectivity index (χ4n) is 2.54. The van der Waals surface area contributed by atoms with Crippen molar-refractivity contribution in [2.45, 2.75) is 19.3 Å². The second-order valence-corrected chi connectivity index (χ2v) is 4.09. The molecule has 3 nitrogen and oxygen atoms in total. The van der Waals surface area contributed by atoms with E-state index in [0.29, 0.717) is 6.42 Å². The van der Waals surface area contributed by atoms with Gasteiger partial charge in [-0.15, -0.1) is 0 Å². The van der Waals surface area contributed by atoms with Crippen molar-refractivity contribution in [2.75, 3.05) is 18.6 Å². The van der Waals surface area contributed by atoms with Crippen molar-refractivity contribution in [1.82, 2.24) is 0 Å². The van der Waals surface area contributed by atoms with Gasteiger partial charge in [0.1, 0.15) is 5.75 Å². The molecule has 0 saturated heterocycles. The summed E-state index contributed by atoms with van der Waals surface area (Å²) in [6, 6.07) is 4.11. The van der Waals surface area contributed by atoms with Crippen LogP contribution in [0, 0.1) is 0 Å². The third-order valence-corrected chi connectivity index (χ3v) is 3.26. The summed E-state index contributed by atoms with van der Waals surface area (Å²) in [5.41, 5.74) is 3.69. The van der Waals surface area contributed by atoms with Crippen LogP contribution in [0.1, 0.15) is 17.5 Å². The van der Waals surface area contributed by atoms with Crippen molar-refractivity contribution in [2.24, 2.45) is 0 Å². The minimum absolute atomic E-state index is 0.270. The molecule has 2 aliphatic rings. The molecule has 15 heavy (non-hydrogen) atoms. The third kappa shape index (κ3) is 1.16. The first-order chi connectivity index (χ1) is 7.29. The van der Waals surface area contributed by atoms with E-state index < -0.39 is 0 Å². The van der Waals surface area contributed by atoms with Crippen molar-refractivity contribution >= 4 is 11.6 Å². The number of hydrogen-bond acceptors (Lipinski definition) is 2. The monoisotopic (exact) mass is 203 g/mol. The molecule has 0 saturated carbocycles. The van der Waals surface area contributed by atoms with Gasteiger partial charge in [-0.3, -0.25) is 4.79 Å². The largest absolute Gasteiger partial charge is 0.497 e. The number of methoxy groups -OCH3 is 1. The fourth-order valence-corrected chi connectivity index (χ4v) is 2.54. The normalized spacial score (nSPS) is 17.9. The molecule has 0 atom stereocenters. The molecule has 0 N–H and O–H groups in total. The SMILES string of the molecule is COc1cc2c3c(c1)CCN3C(=O)CC2. The van der Waals surface area contributed by atoms with E-state index in [1.54, 1.807) is 7.11 Å². The zero-order valence-electron chi connectivity index (χ0n) is 8.75. The van der Waals surface area contributed by atoms with Gasteiger partial charge in [0.2, 0.25) is 5.91 Å². The second-order valence-electron chi connectivity index (χ2n) is 4.09. The number of amides is 1. The first kappa shape index (κ1) is 8.77. The van der Waals surface area contributed by atoms with Crippen molar-refractivity contribution in [1.29, 1.82) is 0 Å². The Labute approximate surface area is 88.6 Å². The summed E-state index contributed by atoms with van der Waals surface area (Å²) in [5, 5.41) is 0. The zero-order valence-corrected chi connectivity index (χ0v) is 8.75. The smallest absolute Gasteiger partial charge is 0.227 e. The minimum atomic E-state index is 0.270. The van der Waals surface area contributed by atoms with Gasteiger partial charge < -0.3 is 9.64 Å². The van der Waals surface area contributed by atoms with E-state index in [0.717, 1.165) is 30.8 Å². The highest BCUT2D eigenvalue weighted by Gasteiger charge is 2.31. The predicted octanol–water partition coefficient (Wildman–Crippen LogP) is 1.53. The summed E-state index contributed by atoms with van der Waals surface area (Å²) in [6.07, 6.45) is 2.46. The Balaban J connectivity index is 2.18. The molecular formula is C12H13NO2. The molecule has 2 heterocycles. The zero-order chi connectivity index (χ0) is 10.4. The van der Waals surface area contributed by atoms with Crippen LogP contribution in [0.5, 0.6) is 5.75 Å². The van der Waals surface area contributed by atoms with E-state index >= 15 is 0 Å². The van der Waals surface area contributed by atoms with Crippen LogP contribution >= 0.6 is 0 Å². The molecule has 3 heteroatoms. The summed E-state index contributed by atoms with van der Waals surface area (Å²) >= 11 is 0. The number of anilines is 1. The molecule has 2 aliphatic heterocycles. The second kappa shape index (κ2) is 2.99. The fraction of sp³-hybridized carbons (Fsp3) is 0.417. The van der Waals surface area contributed by atoms with Gasteiger partial charge in [0.05, 0.1) is 12.8 Å². The number of nitrogens with zero attached hydrogens (tertiary/aromatic N) is 1. The Morgan fingerprint density at radius 2 is 1.93 bits per heavy atom. The van der Waals surface area contributed by atoms with Gasteiger partial charge in [-0.05, 0) is 36.1 Å². The first-order valence-electron chi connectivity index (χ1n) is 5.30. The van der Waals surface area contributed by atoms with Gasteiger partial charge >= 0.3 is 0 Å². The van der Waals surface area contributed by atoms with E-state index in [2.05, 4.69) is 12.1 Å². The maximum Gasteiger partial charge on any atom is 0.227 e. The Bertz CT molecular complexity index is 439. The lowest BCUT2D eigenvalue weighted by molar-refractivity contribution is -0.118. The number of hydrogen-bond donors (Lipinski definition) is 0. The summed E-state index contributed by atoms with van der Waals surface area (Å²) in [5.74, 6) is 1.19. The molecule has 0 spiro atoms. The van der Waals surface area contributed by atoms with Gasteiger partial charge in [0.25, 0.3) is 0 Å². The summed E-state index contributed by atoms with van der Waals surface area (Å²) < 4.78 is 5.26. The summed E-state index contributed by atoms with van der Waals surface area (Å²) in [6.45, 7) is 0.842. The van der Waals surface area contributed by atoms with Gasteiger partial charge in [-0.25, -0.2) is 0 Å². The Hall–Kier alpha value is -1.51. The lowest BCUT2D eigenvalue weighted by Crippen LogP contribution is -2.32. The quantitative estimate of drug-likeness (QED) is 0.692. The topological polar surface area (TPSA) is 29.5 Å². The van der Waals surface area contributed by atoms with Crippen LogP contribution < -0.4 is 9.64 Å². The van der Waals surface area contributed by atoms with E-state index in [4.69, 9.17) is 4.74 Å². The van der Waals surface area contributed by atoms with Gasteiger partial charge in [-0.2, -0.15) is 0 Å². The van der Waals surface area contributed by atoms with E-state index in [1.807, 2.05) is 4.90 Å². The summed E-state index contributed by atoms with van der Waals surface area (Å²) in [4.78, 5) is 13.6. The molecule has 0 aromatic heterocycles. The standard InChI is InChI=1S/C12H13NO2/c1-15-10-6-8-2-3-11(14)13-5-4-9(7-10)12(8)13/h6-7H,2-5H2,1H3. The maximum absolute atomic E-state index is 11.7. The molecule has 0 fully saturated rings.